The van der Waals surface area contributed by atoms with Gasteiger partial charge >= 0.3 is 11.9 Å². The second kappa shape index (κ2) is 13.8. The van der Waals surface area contributed by atoms with Crippen LogP contribution in [0.15, 0.2) is 26.2 Å². The van der Waals surface area contributed by atoms with Gasteiger partial charge < -0.3 is 40.0 Å². The number of quaternary nitrogens is 1. The topological polar surface area (TPSA) is 249 Å². The van der Waals surface area contributed by atoms with Crippen LogP contribution in [0, 0.1) is 0 Å². The van der Waals surface area contributed by atoms with Gasteiger partial charge in [0.1, 0.15) is 27.8 Å². The van der Waals surface area contributed by atoms with Crippen molar-refractivity contribution >= 4 is 82.7 Å². The highest BCUT2D eigenvalue weighted by atomic mass is 32.3. The summed E-state index contributed by atoms with van der Waals surface area (Å²) in [6.07, 6.45) is -1.65. The second-order valence-electron chi connectivity index (χ2n) is 11.1. The van der Waals surface area contributed by atoms with Gasteiger partial charge in [-0.3, -0.25) is 19.3 Å². The molecule has 0 bridgehead atoms. The molecule has 2 saturated heterocycles. The largest absolute Gasteiger partial charge is 0.550 e. The Labute approximate surface area is 278 Å². The van der Waals surface area contributed by atoms with Gasteiger partial charge in [-0.05, 0) is 16.0 Å². The highest BCUT2D eigenvalue weighted by Gasteiger charge is 2.67. The first-order chi connectivity index (χ1) is 21.5. The number of hydrogen-bond donors (Lipinski definition) is 3. The first-order valence-corrected chi connectivity index (χ1v) is 17.0. The van der Waals surface area contributed by atoms with Gasteiger partial charge in [0, 0.05) is 38.1 Å². The molecule has 0 saturated carbocycles. The van der Waals surface area contributed by atoms with Crippen LogP contribution >= 0.6 is 47.0 Å². The van der Waals surface area contributed by atoms with E-state index in [1.54, 1.807) is 28.2 Å². The molecule has 3 aliphatic heterocycles. The molecule has 0 aliphatic carbocycles. The lowest BCUT2D eigenvalue weighted by Crippen LogP contribution is -2.81. The number of carbonyl (C=O) groups excluding carboxylic acids is 5. The van der Waals surface area contributed by atoms with Gasteiger partial charge in [-0.2, -0.15) is 0 Å². The summed E-state index contributed by atoms with van der Waals surface area (Å²) in [7, 11) is 8.23. The number of esters is 1. The molecule has 1 aromatic heterocycles. The molecule has 250 valence electrons. The Morgan fingerprint density at radius 2 is 1.93 bits per heavy atom. The van der Waals surface area contributed by atoms with Gasteiger partial charge in [0.2, 0.25) is 11.1 Å². The highest BCUT2D eigenvalue weighted by molar-refractivity contribution is 8.39. The number of hydrogen-bond acceptors (Lipinski definition) is 16. The van der Waals surface area contributed by atoms with Gasteiger partial charge in [-0.1, -0.05) is 35.3 Å². The van der Waals surface area contributed by atoms with E-state index in [0.717, 1.165) is 28.4 Å². The van der Waals surface area contributed by atoms with Crippen LogP contribution in [0.5, 0.6) is 0 Å². The fourth-order valence-electron chi connectivity index (χ4n) is 4.65. The summed E-state index contributed by atoms with van der Waals surface area (Å²) in [4.78, 5) is 76.2. The van der Waals surface area contributed by atoms with Crippen molar-refractivity contribution in [1.82, 2.24) is 30.4 Å². The zero-order chi connectivity index (χ0) is 34.1. The molecular formula is C24H30N8O10S4. The molecule has 3 aliphatic rings. The first-order valence-electron chi connectivity index (χ1n) is 13.2. The molecule has 4 heterocycles. The molecule has 22 heteroatoms. The summed E-state index contributed by atoms with van der Waals surface area (Å²) >= 11 is 4.00. The molecule has 1 aromatic rings. The number of β-lactam (4-membered cyclic amide) rings is 1. The lowest BCUT2D eigenvalue weighted by molar-refractivity contribution is -0.873. The number of carbonyl (C=O) groups is 6. The number of nitrogens with zero attached hydrogens (tertiary/aromatic N) is 6. The smallest absolute Gasteiger partial charge is 0.355 e. The normalized spacial score (nSPS) is 23.1. The van der Waals surface area contributed by atoms with Crippen LogP contribution in [0.25, 0.3) is 0 Å². The number of ether oxygens (including phenoxy) is 2. The lowest BCUT2D eigenvalue weighted by atomic mass is 9.98. The quantitative estimate of drug-likeness (QED) is 0.0258. The maximum Gasteiger partial charge on any atom is 0.355 e. The second-order valence-corrected chi connectivity index (χ2v) is 15.9. The van der Waals surface area contributed by atoms with E-state index >= 15 is 0 Å². The number of tetrazole rings is 1. The summed E-state index contributed by atoms with van der Waals surface area (Å²) in [5.74, 6) is -6.15. The highest BCUT2D eigenvalue weighted by Crippen LogP contribution is 2.54. The van der Waals surface area contributed by atoms with Gasteiger partial charge in [0.25, 0.3) is 17.5 Å². The molecule has 4 N–H and O–H groups in total. The average Bonchev–Trinajstić information content (AvgIpc) is 3.33. The number of primary amides is 1. The predicted molar refractivity (Wildman–Crippen MR) is 163 cm³/mol. The fraction of sp³-hybridized carbons (Fsp3) is 0.542. The summed E-state index contributed by atoms with van der Waals surface area (Å²) < 4.78 is 12.1. The lowest BCUT2D eigenvalue weighted by Gasteiger charge is -2.56. The van der Waals surface area contributed by atoms with Crippen molar-refractivity contribution in [2.75, 3.05) is 46.3 Å². The average molecular weight is 719 g/mol. The number of aromatic nitrogens is 4. The van der Waals surface area contributed by atoms with E-state index in [0.29, 0.717) is 10.7 Å². The summed E-state index contributed by atoms with van der Waals surface area (Å²) in [6, 6.07) is 0. The SMILES string of the molecule is CO[C@@]1(NC(=O)C2SC(=C(C(N)=O)C(=O)O)S2)C(=O)N2C(C(=O)OC(CC(=O)[O-])C[N+](C)(C)C)=C(CSc3nnnn3C)CS[C@@H]21. The van der Waals surface area contributed by atoms with E-state index in [9.17, 15) is 39.0 Å². The Bertz CT molecular complexity index is 1520. The third-order valence-corrected chi connectivity index (χ3v) is 11.9. The fourth-order valence-corrected chi connectivity index (χ4v) is 9.29. The van der Waals surface area contributed by atoms with Crippen LogP contribution in [-0.4, -0.2) is 138 Å². The van der Waals surface area contributed by atoms with Crippen molar-refractivity contribution in [3.05, 3.63) is 21.1 Å². The molecule has 2 fully saturated rings. The van der Waals surface area contributed by atoms with E-state index in [-0.39, 0.29) is 32.5 Å². The van der Waals surface area contributed by atoms with Crippen molar-refractivity contribution in [3.63, 3.8) is 0 Å². The molecule has 0 radical (unpaired) electrons. The first kappa shape index (κ1) is 35.5. The van der Waals surface area contributed by atoms with E-state index < -0.39 is 69.4 Å². The number of amides is 3. The van der Waals surface area contributed by atoms with Gasteiger partial charge in [-0.15, -0.1) is 16.9 Å². The molecule has 1 unspecified atom stereocenters. The molecule has 0 spiro atoms. The van der Waals surface area contributed by atoms with Crippen LogP contribution in [0.1, 0.15) is 6.42 Å². The number of aliphatic carboxylic acids is 2. The van der Waals surface area contributed by atoms with Crippen molar-refractivity contribution in [2.24, 2.45) is 12.8 Å². The number of rotatable bonds is 14. The molecule has 3 amide bonds. The van der Waals surface area contributed by atoms with Crippen LogP contribution in [0.3, 0.4) is 0 Å². The maximum absolute atomic E-state index is 13.8. The standard InChI is InChI=1S/C24H30N8O10S4/c1-30-23(27-28-29-30)44-9-10-8-43-22-24(41-5,26-16(36)20-45-19(46-20)13(15(25)35)17(37)38)21(40)31(22)14(10)18(39)42-11(6-12(33)34)7-32(2,3)4/h11,20,22H,6-9H2,1-5H3,(H4-,25,26,33,34,35,36,37,38)/t11?,20?,22-,24+/m1/s1. The van der Waals surface area contributed by atoms with Crippen LogP contribution in [-0.2, 0) is 45.3 Å². The number of carboxylic acids is 2. The van der Waals surface area contributed by atoms with E-state index in [4.69, 9.17) is 15.2 Å². The van der Waals surface area contributed by atoms with Crippen molar-refractivity contribution in [3.8, 4) is 0 Å². The number of methoxy groups -OCH3 is 1. The molecule has 18 nitrogen and oxygen atoms in total. The van der Waals surface area contributed by atoms with Crippen molar-refractivity contribution < 1.29 is 52.9 Å². The minimum Gasteiger partial charge on any atom is -0.550 e. The zero-order valence-electron chi connectivity index (χ0n) is 25.1. The molecule has 4 rings (SSSR count). The molecule has 3 atom stereocenters. The predicted octanol–water partition coefficient (Wildman–Crippen LogP) is -2.72. The van der Waals surface area contributed by atoms with E-state index in [1.807, 2.05) is 0 Å². The third-order valence-electron chi connectivity index (χ3n) is 6.62. The van der Waals surface area contributed by atoms with Gasteiger partial charge in [-0.25, -0.2) is 14.3 Å². The van der Waals surface area contributed by atoms with Gasteiger partial charge in [0.15, 0.2) is 6.10 Å². The zero-order valence-corrected chi connectivity index (χ0v) is 28.3. The number of carboxylic acid groups (broad SMARTS) is 2. The van der Waals surface area contributed by atoms with Crippen molar-refractivity contribution in [1.29, 1.82) is 0 Å². The Hall–Kier alpha value is -3.31. The Balaban J connectivity index is 1.59. The Kier molecular flexibility index (Phi) is 10.7. The molecule has 0 aromatic carbocycles. The number of nitrogens with two attached hydrogens (primary N) is 1. The third kappa shape index (κ3) is 7.30. The minimum atomic E-state index is -1.90. The van der Waals surface area contributed by atoms with E-state index in [1.165, 1.54) is 35.3 Å². The van der Waals surface area contributed by atoms with E-state index in [2.05, 4.69) is 20.8 Å². The number of thioether (sulfide) groups is 4. The molecule has 46 heavy (non-hydrogen) atoms. The summed E-state index contributed by atoms with van der Waals surface area (Å²) in [5.41, 5.74) is 2.96. The Morgan fingerprint density at radius 3 is 2.46 bits per heavy atom. The Morgan fingerprint density at radius 1 is 1.26 bits per heavy atom. The van der Waals surface area contributed by atoms with Gasteiger partial charge in [0.05, 0.1) is 25.4 Å². The minimum absolute atomic E-state index is 0.0495. The number of nitrogens with one attached hydrogen (secondary N) is 1. The number of aryl methyl sites for hydroxylation is 1. The number of fused-ring (bicyclic) bond motifs is 1. The van der Waals surface area contributed by atoms with Crippen molar-refractivity contribution in [2.45, 2.75) is 33.4 Å². The van der Waals surface area contributed by atoms with Crippen LogP contribution in [0.2, 0.25) is 0 Å². The maximum atomic E-state index is 13.8. The monoisotopic (exact) mass is 718 g/mol. The van der Waals surface area contributed by atoms with Crippen LogP contribution < -0.4 is 16.2 Å². The molecular weight excluding hydrogens is 689 g/mol. The summed E-state index contributed by atoms with van der Waals surface area (Å²) in [6.45, 7) is 0.137. The number of likely N-dealkylation sites (N-methyl/N-ethyl adjacent to an activating group) is 1. The summed E-state index contributed by atoms with van der Waals surface area (Å²) in [5, 5.41) is 34.1. The van der Waals surface area contributed by atoms with Crippen LogP contribution in [0.4, 0.5) is 0 Å².